The third-order valence-electron chi connectivity index (χ3n) is 3.45. The molecule has 0 bridgehead atoms. The highest BCUT2D eigenvalue weighted by Gasteiger charge is 2.18. The summed E-state index contributed by atoms with van der Waals surface area (Å²) < 4.78 is 11.5. The van der Waals surface area contributed by atoms with Crippen molar-refractivity contribution in [3.05, 3.63) is 58.6 Å². The Morgan fingerprint density at radius 3 is 2.48 bits per heavy atom. The first-order valence-electron chi connectivity index (χ1n) is 6.92. The minimum atomic E-state index is -0.265. The van der Waals surface area contributed by atoms with Gasteiger partial charge in [-0.05, 0) is 35.4 Å². The molecule has 0 aromatic heterocycles. The summed E-state index contributed by atoms with van der Waals surface area (Å²) in [6, 6.07) is 13.4. The molecule has 1 aliphatic heterocycles. The quantitative estimate of drug-likeness (QED) is 0.718. The molecular weight excluding hydrogens is 307 g/mol. The van der Waals surface area contributed by atoms with E-state index < -0.39 is 0 Å². The molecule has 0 radical (unpaired) electrons. The molecule has 2 unspecified atom stereocenters. The fourth-order valence-corrected chi connectivity index (χ4v) is 2.75. The van der Waals surface area contributed by atoms with E-state index in [1.165, 1.54) is 0 Å². The van der Waals surface area contributed by atoms with Crippen LogP contribution in [-0.4, -0.2) is 13.2 Å². The van der Waals surface area contributed by atoms with Gasteiger partial charge in [0, 0.05) is 10.9 Å². The molecule has 0 saturated heterocycles. The highest BCUT2D eigenvalue weighted by molar-refractivity contribution is 6.30. The monoisotopic (exact) mass is 322 g/mol. The van der Waals surface area contributed by atoms with Gasteiger partial charge in [-0.3, -0.25) is 0 Å². The lowest BCUT2D eigenvalue weighted by Crippen LogP contribution is -2.12. The maximum absolute atomic E-state index is 6.56. The minimum Gasteiger partial charge on any atom is -0.489 e. The fraction of sp³-hybridized carbons (Fsp3) is 0.294. The molecule has 2 nitrogen and oxygen atoms in total. The topological polar surface area (TPSA) is 18.5 Å². The average molecular weight is 323 g/mol. The molecule has 0 fully saturated rings. The SMILES string of the molecule is CC1COc2ccc(C(Cl)c3cccc(Cl)c3)cc2OC1. The van der Waals surface area contributed by atoms with E-state index in [-0.39, 0.29) is 5.38 Å². The largest absolute Gasteiger partial charge is 0.489 e. The molecule has 0 spiro atoms. The van der Waals surface area contributed by atoms with Gasteiger partial charge in [-0.2, -0.15) is 0 Å². The Labute approximate surface area is 134 Å². The molecule has 2 atom stereocenters. The molecule has 4 heteroatoms. The number of hydrogen-bond donors (Lipinski definition) is 0. The summed E-state index contributed by atoms with van der Waals surface area (Å²) in [5.74, 6) is 1.91. The first-order chi connectivity index (χ1) is 10.1. The highest BCUT2D eigenvalue weighted by Crippen LogP contribution is 2.37. The van der Waals surface area contributed by atoms with E-state index in [1.807, 2.05) is 42.5 Å². The van der Waals surface area contributed by atoms with Crippen LogP contribution in [-0.2, 0) is 0 Å². The maximum atomic E-state index is 6.56. The second-order valence-electron chi connectivity index (χ2n) is 5.35. The third kappa shape index (κ3) is 3.28. The van der Waals surface area contributed by atoms with Gasteiger partial charge in [0.2, 0.25) is 0 Å². The highest BCUT2D eigenvalue weighted by atomic mass is 35.5. The summed E-state index contributed by atoms with van der Waals surface area (Å²) in [4.78, 5) is 0. The van der Waals surface area contributed by atoms with Crippen molar-refractivity contribution in [1.82, 2.24) is 0 Å². The van der Waals surface area contributed by atoms with Gasteiger partial charge in [-0.15, -0.1) is 11.6 Å². The minimum absolute atomic E-state index is 0.265. The van der Waals surface area contributed by atoms with Gasteiger partial charge in [-0.1, -0.05) is 36.7 Å². The van der Waals surface area contributed by atoms with Crippen molar-refractivity contribution in [3.8, 4) is 11.5 Å². The molecule has 1 aliphatic rings. The van der Waals surface area contributed by atoms with Crippen LogP contribution >= 0.6 is 23.2 Å². The van der Waals surface area contributed by atoms with Crippen LogP contribution in [0.3, 0.4) is 0 Å². The van der Waals surface area contributed by atoms with E-state index >= 15 is 0 Å². The number of halogens is 2. The van der Waals surface area contributed by atoms with E-state index in [2.05, 4.69) is 6.92 Å². The standard InChI is InChI=1S/C17H16Cl2O2/c1-11-9-20-15-6-5-13(8-16(15)21-10-11)17(19)12-3-2-4-14(18)7-12/h2-8,11,17H,9-10H2,1H3. The zero-order valence-corrected chi connectivity index (χ0v) is 13.2. The summed E-state index contributed by atoms with van der Waals surface area (Å²) in [6.07, 6.45) is 0. The van der Waals surface area contributed by atoms with Crippen molar-refractivity contribution >= 4 is 23.2 Å². The van der Waals surface area contributed by atoms with Gasteiger partial charge in [0.15, 0.2) is 11.5 Å². The normalized spacial score (nSPS) is 18.9. The summed E-state index contributed by atoms with van der Waals surface area (Å²) >= 11 is 12.6. The van der Waals surface area contributed by atoms with Crippen LogP contribution in [0.15, 0.2) is 42.5 Å². The Morgan fingerprint density at radius 1 is 1.00 bits per heavy atom. The van der Waals surface area contributed by atoms with Gasteiger partial charge in [0.05, 0.1) is 18.6 Å². The number of ether oxygens (including phenoxy) is 2. The molecule has 0 saturated carbocycles. The van der Waals surface area contributed by atoms with E-state index in [9.17, 15) is 0 Å². The van der Waals surface area contributed by atoms with Crippen LogP contribution < -0.4 is 9.47 Å². The van der Waals surface area contributed by atoms with Crippen LogP contribution in [0.2, 0.25) is 5.02 Å². The molecule has 110 valence electrons. The lowest BCUT2D eigenvalue weighted by Gasteiger charge is -2.14. The van der Waals surface area contributed by atoms with Gasteiger partial charge >= 0.3 is 0 Å². The Morgan fingerprint density at radius 2 is 1.71 bits per heavy atom. The Balaban J connectivity index is 1.90. The third-order valence-corrected chi connectivity index (χ3v) is 4.19. The van der Waals surface area contributed by atoms with E-state index in [1.54, 1.807) is 0 Å². The van der Waals surface area contributed by atoms with E-state index in [0.717, 1.165) is 22.6 Å². The molecule has 0 amide bonds. The van der Waals surface area contributed by atoms with Crippen LogP contribution in [0.5, 0.6) is 11.5 Å². The number of fused-ring (bicyclic) bond motifs is 1. The van der Waals surface area contributed by atoms with Crippen molar-refractivity contribution < 1.29 is 9.47 Å². The Bertz CT molecular complexity index is 642. The number of rotatable bonds is 2. The molecule has 3 rings (SSSR count). The van der Waals surface area contributed by atoms with Crippen molar-refractivity contribution in [2.24, 2.45) is 5.92 Å². The van der Waals surface area contributed by atoms with E-state index in [0.29, 0.717) is 24.2 Å². The first-order valence-corrected chi connectivity index (χ1v) is 7.74. The molecule has 0 N–H and O–H groups in total. The van der Waals surface area contributed by atoms with E-state index in [4.69, 9.17) is 32.7 Å². The fourth-order valence-electron chi connectivity index (χ4n) is 2.28. The molecule has 0 aliphatic carbocycles. The molecule has 2 aromatic rings. The number of alkyl halides is 1. The Kier molecular flexibility index (Phi) is 4.27. The predicted molar refractivity (Wildman–Crippen MR) is 85.7 cm³/mol. The van der Waals surface area contributed by atoms with Crippen LogP contribution in [0.1, 0.15) is 23.4 Å². The molecule has 21 heavy (non-hydrogen) atoms. The second-order valence-corrected chi connectivity index (χ2v) is 6.22. The number of benzene rings is 2. The van der Waals surface area contributed by atoms with Gasteiger partial charge < -0.3 is 9.47 Å². The predicted octanol–water partition coefficient (Wildman–Crippen LogP) is 5.08. The summed E-state index contributed by atoms with van der Waals surface area (Å²) in [7, 11) is 0. The zero-order chi connectivity index (χ0) is 14.8. The van der Waals surface area contributed by atoms with Crippen molar-refractivity contribution in [2.75, 3.05) is 13.2 Å². The average Bonchev–Trinajstić information content (AvgIpc) is 2.68. The van der Waals surface area contributed by atoms with Gasteiger partial charge in [0.25, 0.3) is 0 Å². The van der Waals surface area contributed by atoms with Crippen LogP contribution in [0, 0.1) is 5.92 Å². The van der Waals surface area contributed by atoms with Crippen molar-refractivity contribution in [3.63, 3.8) is 0 Å². The van der Waals surface area contributed by atoms with Gasteiger partial charge in [-0.25, -0.2) is 0 Å². The van der Waals surface area contributed by atoms with Crippen LogP contribution in [0.25, 0.3) is 0 Å². The summed E-state index contributed by atoms with van der Waals surface area (Å²) in [5, 5.41) is 0.416. The second kappa shape index (κ2) is 6.17. The lowest BCUT2D eigenvalue weighted by molar-refractivity contribution is 0.228. The van der Waals surface area contributed by atoms with Crippen LogP contribution in [0.4, 0.5) is 0 Å². The molecule has 2 aromatic carbocycles. The summed E-state index contributed by atoms with van der Waals surface area (Å²) in [6.45, 7) is 3.43. The van der Waals surface area contributed by atoms with Crippen molar-refractivity contribution in [2.45, 2.75) is 12.3 Å². The zero-order valence-electron chi connectivity index (χ0n) is 11.7. The van der Waals surface area contributed by atoms with Crippen molar-refractivity contribution in [1.29, 1.82) is 0 Å². The Hall–Kier alpha value is -1.38. The smallest absolute Gasteiger partial charge is 0.161 e. The molecule has 1 heterocycles. The first kappa shape index (κ1) is 14.6. The lowest BCUT2D eigenvalue weighted by atomic mass is 10.0. The maximum Gasteiger partial charge on any atom is 0.161 e. The number of hydrogen-bond acceptors (Lipinski definition) is 2. The van der Waals surface area contributed by atoms with Gasteiger partial charge in [0.1, 0.15) is 0 Å². The molecular formula is C17H16Cl2O2. The summed E-state index contributed by atoms with van der Waals surface area (Å²) in [5.41, 5.74) is 1.93.